The van der Waals surface area contributed by atoms with Crippen LogP contribution in [0.3, 0.4) is 0 Å². The normalized spacial score (nSPS) is 13.0. The van der Waals surface area contributed by atoms with Gasteiger partial charge in [0.1, 0.15) is 5.60 Å². The molecule has 0 radical (unpaired) electrons. The van der Waals surface area contributed by atoms with E-state index in [4.69, 9.17) is 11.6 Å². The summed E-state index contributed by atoms with van der Waals surface area (Å²) in [7, 11) is 0. The van der Waals surface area contributed by atoms with Crippen LogP contribution in [-0.4, -0.2) is 10.1 Å². The van der Waals surface area contributed by atoms with Gasteiger partial charge in [0.25, 0.3) is 0 Å². The number of aromatic nitrogens is 1. The minimum absolute atomic E-state index is 0.0416. The molecule has 3 heteroatoms. The second-order valence-electron chi connectivity index (χ2n) is 5.33. The summed E-state index contributed by atoms with van der Waals surface area (Å²) in [5, 5.41) is 10.5. The van der Waals surface area contributed by atoms with Crippen molar-refractivity contribution in [3.8, 4) is 0 Å². The lowest BCUT2D eigenvalue weighted by atomic mass is 9.86. The third kappa shape index (κ3) is 2.70. The Morgan fingerprint density at radius 2 is 1.73 bits per heavy atom. The Bertz CT molecular complexity index is 329. The Morgan fingerprint density at radius 1 is 1.20 bits per heavy atom. The molecule has 0 spiro atoms. The fourth-order valence-corrected chi connectivity index (χ4v) is 2.08. The number of nitrogens with zero attached hydrogens (tertiary/aromatic N) is 1. The molecule has 1 aromatic heterocycles. The average molecular weight is 228 g/mol. The predicted octanol–water partition coefficient (Wildman–Crippen LogP) is 3.26. The molecule has 0 atom stereocenters. The van der Waals surface area contributed by atoms with Crippen molar-refractivity contribution in [3.63, 3.8) is 0 Å². The van der Waals surface area contributed by atoms with Gasteiger partial charge in [-0.05, 0) is 30.9 Å². The van der Waals surface area contributed by atoms with Crippen LogP contribution >= 0.6 is 11.6 Å². The van der Waals surface area contributed by atoms with E-state index in [-0.39, 0.29) is 5.41 Å². The van der Waals surface area contributed by atoms with E-state index in [1.54, 1.807) is 20.0 Å². The van der Waals surface area contributed by atoms with Crippen LogP contribution in [-0.2, 0) is 11.0 Å². The molecule has 0 aromatic carbocycles. The lowest BCUT2D eigenvalue weighted by Crippen LogP contribution is -2.21. The van der Waals surface area contributed by atoms with E-state index in [0.29, 0.717) is 10.7 Å². The maximum Gasteiger partial charge on any atom is 0.102 e. The fraction of sp³-hybridized carbons (Fsp3) is 0.583. The van der Waals surface area contributed by atoms with Crippen molar-refractivity contribution in [1.82, 2.24) is 4.98 Å². The number of aliphatic hydroxyl groups is 1. The lowest BCUT2D eigenvalue weighted by molar-refractivity contribution is 0.0738. The summed E-state index contributed by atoms with van der Waals surface area (Å²) in [6, 6.07) is 1.90. The van der Waals surface area contributed by atoms with E-state index in [1.807, 2.05) is 6.07 Å². The van der Waals surface area contributed by atoms with Gasteiger partial charge in [0.2, 0.25) is 0 Å². The minimum Gasteiger partial charge on any atom is -0.384 e. The summed E-state index contributed by atoms with van der Waals surface area (Å²) < 4.78 is 0. The van der Waals surface area contributed by atoms with E-state index in [1.165, 1.54) is 0 Å². The first-order valence-electron chi connectivity index (χ1n) is 5.02. The molecule has 0 aliphatic heterocycles. The van der Waals surface area contributed by atoms with Crippen molar-refractivity contribution in [2.24, 2.45) is 0 Å². The third-order valence-corrected chi connectivity index (χ3v) is 2.66. The number of rotatable bonds is 1. The highest BCUT2D eigenvalue weighted by Crippen LogP contribution is 2.34. The minimum atomic E-state index is -1.00. The molecule has 1 rings (SSSR count). The van der Waals surface area contributed by atoms with Crippen molar-refractivity contribution >= 4 is 11.6 Å². The van der Waals surface area contributed by atoms with E-state index in [0.717, 1.165) is 5.56 Å². The molecule has 0 unspecified atom stereocenters. The Hall–Kier alpha value is -0.600. The molecular formula is C12H18ClNO. The van der Waals surface area contributed by atoms with Gasteiger partial charge in [-0.3, -0.25) is 4.98 Å². The smallest absolute Gasteiger partial charge is 0.102 e. The first-order valence-corrected chi connectivity index (χ1v) is 5.39. The fourth-order valence-electron chi connectivity index (χ4n) is 1.45. The van der Waals surface area contributed by atoms with Gasteiger partial charge in [-0.15, -0.1) is 0 Å². The van der Waals surface area contributed by atoms with Crippen molar-refractivity contribution in [2.75, 3.05) is 0 Å². The summed E-state index contributed by atoms with van der Waals surface area (Å²) >= 11 is 6.26. The maximum absolute atomic E-state index is 9.91. The second-order valence-corrected chi connectivity index (χ2v) is 5.71. The molecule has 0 aliphatic rings. The molecule has 0 saturated carbocycles. The first kappa shape index (κ1) is 12.5. The van der Waals surface area contributed by atoms with Gasteiger partial charge >= 0.3 is 0 Å². The molecule has 2 nitrogen and oxygen atoms in total. The van der Waals surface area contributed by atoms with Crippen LogP contribution in [0.25, 0.3) is 0 Å². The molecule has 0 amide bonds. The Morgan fingerprint density at radius 3 is 2.13 bits per heavy atom. The van der Waals surface area contributed by atoms with Gasteiger partial charge in [-0.1, -0.05) is 32.4 Å². The highest BCUT2D eigenvalue weighted by molar-refractivity contribution is 6.32. The highest BCUT2D eigenvalue weighted by Gasteiger charge is 2.26. The summed E-state index contributed by atoms with van der Waals surface area (Å²) in [5.41, 5.74) is 0.506. The Labute approximate surface area is 96.3 Å². The van der Waals surface area contributed by atoms with E-state index >= 15 is 0 Å². The molecule has 1 heterocycles. The summed E-state index contributed by atoms with van der Waals surface area (Å²) in [5.74, 6) is 0. The SMILES string of the molecule is CC(C)(C)c1ccnc(C(C)(C)O)c1Cl. The molecule has 15 heavy (non-hydrogen) atoms. The molecule has 84 valence electrons. The third-order valence-electron chi connectivity index (χ3n) is 2.28. The maximum atomic E-state index is 9.91. The zero-order valence-electron chi connectivity index (χ0n) is 9.93. The largest absolute Gasteiger partial charge is 0.384 e. The number of hydrogen-bond acceptors (Lipinski definition) is 2. The molecule has 0 fully saturated rings. The zero-order chi connectivity index (χ0) is 11.9. The van der Waals surface area contributed by atoms with Gasteiger partial charge in [-0.2, -0.15) is 0 Å². The summed E-state index contributed by atoms with van der Waals surface area (Å²) in [6.45, 7) is 9.63. The van der Waals surface area contributed by atoms with Crippen LogP contribution in [0.15, 0.2) is 12.3 Å². The summed E-state index contributed by atoms with van der Waals surface area (Å²) in [6.07, 6.45) is 1.69. The number of pyridine rings is 1. The van der Waals surface area contributed by atoms with E-state index in [2.05, 4.69) is 25.8 Å². The first-order chi connectivity index (χ1) is 6.64. The molecule has 0 saturated heterocycles. The van der Waals surface area contributed by atoms with Crippen LogP contribution < -0.4 is 0 Å². The number of halogens is 1. The van der Waals surface area contributed by atoms with Gasteiger partial charge in [0.15, 0.2) is 0 Å². The molecule has 0 aliphatic carbocycles. The Kier molecular flexibility index (Phi) is 3.13. The van der Waals surface area contributed by atoms with Crippen LogP contribution in [0.5, 0.6) is 0 Å². The van der Waals surface area contributed by atoms with Gasteiger partial charge in [-0.25, -0.2) is 0 Å². The monoisotopic (exact) mass is 227 g/mol. The predicted molar refractivity (Wildman–Crippen MR) is 63.2 cm³/mol. The van der Waals surface area contributed by atoms with Crippen LogP contribution in [0.4, 0.5) is 0 Å². The topological polar surface area (TPSA) is 33.1 Å². The highest BCUT2D eigenvalue weighted by atomic mass is 35.5. The van der Waals surface area contributed by atoms with Crippen molar-refractivity contribution in [2.45, 2.75) is 45.6 Å². The zero-order valence-corrected chi connectivity index (χ0v) is 10.7. The Balaban J connectivity index is 3.37. The average Bonchev–Trinajstić information content (AvgIpc) is 1.99. The van der Waals surface area contributed by atoms with Gasteiger partial charge in [0.05, 0.1) is 10.7 Å². The standard InChI is InChI=1S/C12H18ClNO/c1-11(2,3)8-6-7-14-10(9(8)13)12(4,5)15/h6-7,15H,1-5H3. The number of hydrogen-bond donors (Lipinski definition) is 1. The van der Waals surface area contributed by atoms with Crippen LogP contribution in [0, 0.1) is 0 Å². The molecule has 1 N–H and O–H groups in total. The van der Waals surface area contributed by atoms with E-state index in [9.17, 15) is 5.11 Å². The van der Waals surface area contributed by atoms with Gasteiger partial charge < -0.3 is 5.11 Å². The van der Waals surface area contributed by atoms with Crippen LogP contribution in [0.2, 0.25) is 5.02 Å². The summed E-state index contributed by atoms with van der Waals surface area (Å²) in [4.78, 5) is 4.14. The molecular weight excluding hydrogens is 210 g/mol. The second kappa shape index (κ2) is 3.76. The molecule has 1 aromatic rings. The van der Waals surface area contributed by atoms with Crippen molar-refractivity contribution in [3.05, 3.63) is 28.5 Å². The quantitative estimate of drug-likeness (QED) is 0.799. The van der Waals surface area contributed by atoms with Gasteiger partial charge in [0, 0.05) is 6.20 Å². The van der Waals surface area contributed by atoms with Crippen molar-refractivity contribution in [1.29, 1.82) is 0 Å². The lowest BCUT2D eigenvalue weighted by Gasteiger charge is -2.25. The van der Waals surface area contributed by atoms with E-state index < -0.39 is 5.60 Å². The van der Waals surface area contributed by atoms with Crippen molar-refractivity contribution < 1.29 is 5.11 Å². The molecule has 0 bridgehead atoms. The van der Waals surface area contributed by atoms with Crippen LogP contribution in [0.1, 0.15) is 45.9 Å².